The number of carbonyl (C=O) groups is 1. The van der Waals surface area contributed by atoms with Crippen molar-refractivity contribution < 1.29 is 4.79 Å². The number of rotatable bonds is 2. The smallest absolute Gasteiger partial charge is 0.220 e. The van der Waals surface area contributed by atoms with Crippen LogP contribution in [0.15, 0.2) is 18.2 Å². The third-order valence-electron chi connectivity index (χ3n) is 3.18. The van der Waals surface area contributed by atoms with Crippen molar-refractivity contribution in [3.05, 3.63) is 29.3 Å². The first-order valence-corrected chi connectivity index (χ1v) is 5.74. The zero-order valence-corrected chi connectivity index (χ0v) is 9.79. The van der Waals surface area contributed by atoms with E-state index in [9.17, 15) is 4.79 Å². The fourth-order valence-electron chi connectivity index (χ4n) is 2.19. The number of nitrogens with two attached hydrogens (primary N) is 1. The number of anilines is 1. The molecule has 86 valence electrons. The summed E-state index contributed by atoms with van der Waals surface area (Å²) in [5, 5.41) is 2.86. The highest BCUT2D eigenvalue weighted by Crippen LogP contribution is 2.29. The molecular formula is C13H18N2O. The Morgan fingerprint density at radius 1 is 1.44 bits per heavy atom. The molecule has 0 aliphatic carbocycles. The molecular weight excluding hydrogens is 200 g/mol. The van der Waals surface area contributed by atoms with Gasteiger partial charge in [-0.3, -0.25) is 4.79 Å². The molecule has 1 heterocycles. The number of benzene rings is 1. The third-order valence-corrected chi connectivity index (χ3v) is 3.18. The van der Waals surface area contributed by atoms with E-state index in [4.69, 9.17) is 5.73 Å². The minimum Gasteiger partial charge on any atom is -0.398 e. The van der Waals surface area contributed by atoms with Crippen LogP contribution in [0.4, 0.5) is 5.69 Å². The highest BCUT2D eigenvalue weighted by Gasteiger charge is 2.23. The second-order valence-corrected chi connectivity index (χ2v) is 4.75. The van der Waals surface area contributed by atoms with Gasteiger partial charge >= 0.3 is 0 Å². The average molecular weight is 218 g/mol. The Kier molecular flexibility index (Phi) is 2.86. The van der Waals surface area contributed by atoms with Gasteiger partial charge in [0.15, 0.2) is 0 Å². The summed E-state index contributed by atoms with van der Waals surface area (Å²) in [5.41, 5.74) is 9.17. The Balaban J connectivity index is 2.29. The summed E-state index contributed by atoms with van der Waals surface area (Å²) >= 11 is 0. The number of hydrogen-bond acceptors (Lipinski definition) is 2. The molecule has 1 aliphatic rings. The van der Waals surface area contributed by atoms with Crippen LogP contribution >= 0.6 is 0 Å². The van der Waals surface area contributed by atoms with Crippen molar-refractivity contribution >= 4 is 11.6 Å². The maximum absolute atomic E-state index is 11.2. The van der Waals surface area contributed by atoms with Crippen LogP contribution in [0.1, 0.15) is 43.2 Å². The van der Waals surface area contributed by atoms with Gasteiger partial charge in [-0.05, 0) is 23.1 Å². The Morgan fingerprint density at radius 2 is 2.19 bits per heavy atom. The van der Waals surface area contributed by atoms with Crippen molar-refractivity contribution in [3.8, 4) is 0 Å². The van der Waals surface area contributed by atoms with Gasteiger partial charge in [-0.25, -0.2) is 0 Å². The van der Waals surface area contributed by atoms with Gasteiger partial charge in [0.05, 0.1) is 0 Å². The van der Waals surface area contributed by atoms with Crippen molar-refractivity contribution in [2.24, 2.45) is 0 Å². The van der Waals surface area contributed by atoms with Gasteiger partial charge in [0.2, 0.25) is 5.91 Å². The van der Waals surface area contributed by atoms with E-state index in [1.165, 1.54) is 11.1 Å². The SMILES string of the molecule is CC(C)c1cc(C2CNC(=O)C2)ccc1N. The Morgan fingerprint density at radius 3 is 2.75 bits per heavy atom. The van der Waals surface area contributed by atoms with E-state index in [0.717, 1.165) is 12.2 Å². The highest BCUT2D eigenvalue weighted by atomic mass is 16.1. The Bertz CT molecular complexity index is 412. The predicted octanol–water partition coefficient (Wildman–Crippen LogP) is 2.00. The molecule has 0 spiro atoms. The van der Waals surface area contributed by atoms with E-state index in [1.54, 1.807) is 0 Å². The zero-order valence-electron chi connectivity index (χ0n) is 9.79. The lowest BCUT2D eigenvalue weighted by atomic mass is 9.92. The fourth-order valence-corrected chi connectivity index (χ4v) is 2.19. The standard InChI is InChI=1S/C13H18N2O/c1-8(2)11-5-9(3-4-12(11)14)10-6-13(16)15-7-10/h3-5,8,10H,6-7,14H2,1-2H3,(H,15,16). The van der Waals surface area contributed by atoms with Crippen LogP contribution in [-0.4, -0.2) is 12.5 Å². The summed E-state index contributed by atoms with van der Waals surface area (Å²) in [6, 6.07) is 6.13. The van der Waals surface area contributed by atoms with Crippen molar-refractivity contribution in [2.45, 2.75) is 32.1 Å². The molecule has 1 aliphatic heterocycles. The molecule has 1 unspecified atom stereocenters. The second kappa shape index (κ2) is 4.16. The Hall–Kier alpha value is -1.51. The molecule has 0 radical (unpaired) electrons. The van der Waals surface area contributed by atoms with Crippen LogP contribution < -0.4 is 11.1 Å². The molecule has 1 atom stereocenters. The van der Waals surface area contributed by atoms with Gasteiger partial charge in [-0.2, -0.15) is 0 Å². The summed E-state index contributed by atoms with van der Waals surface area (Å²) in [7, 11) is 0. The van der Waals surface area contributed by atoms with E-state index < -0.39 is 0 Å². The molecule has 3 nitrogen and oxygen atoms in total. The van der Waals surface area contributed by atoms with Crippen LogP contribution in [-0.2, 0) is 4.79 Å². The van der Waals surface area contributed by atoms with Gasteiger partial charge in [0.25, 0.3) is 0 Å². The minimum atomic E-state index is 0.146. The molecule has 1 aromatic carbocycles. The quantitative estimate of drug-likeness (QED) is 0.746. The molecule has 1 fully saturated rings. The molecule has 0 bridgehead atoms. The molecule has 1 aromatic rings. The zero-order chi connectivity index (χ0) is 11.7. The van der Waals surface area contributed by atoms with Gasteiger partial charge in [-0.1, -0.05) is 26.0 Å². The first-order chi connectivity index (χ1) is 7.58. The highest BCUT2D eigenvalue weighted by molar-refractivity contribution is 5.79. The summed E-state index contributed by atoms with van der Waals surface area (Å²) in [6.07, 6.45) is 0.599. The van der Waals surface area contributed by atoms with Crippen molar-refractivity contribution in [2.75, 3.05) is 12.3 Å². The first kappa shape index (κ1) is 11.0. The largest absolute Gasteiger partial charge is 0.398 e. The molecule has 0 aromatic heterocycles. The van der Waals surface area contributed by atoms with Crippen molar-refractivity contribution in [1.82, 2.24) is 5.32 Å². The number of nitrogen functional groups attached to an aromatic ring is 1. The lowest BCUT2D eigenvalue weighted by Gasteiger charge is -2.14. The monoisotopic (exact) mass is 218 g/mol. The fraction of sp³-hybridized carbons (Fsp3) is 0.462. The van der Waals surface area contributed by atoms with Gasteiger partial charge < -0.3 is 11.1 Å². The number of carbonyl (C=O) groups excluding carboxylic acids is 1. The lowest BCUT2D eigenvalue weighted by molar-refractivity contribution is -0.119. The van der Waals surface area contributed by atoms with E-state index >= 15 is 0 Å². The molecule has 2 rings (SSSR count). The molecule has 16 heavy (non-hydrogen) atoms. The molecule has 0 saturated carbocycles. The van der Waals surface area contributed by atoms with Crippen molar-refractivity contribution in [3.63, 3.8) is 0 Å². The maximum atomic E-state index is 11.2. The van der Waals surface area contributed by atoms with Crippen LogP contribution in [0.3, 0.4) is 0 Å². The van der Waals surface area contributed by atoms with E-state index in [1.807, 2.05) is 12.1 Å². The molecule has 1 amide bonds. The van der Waals surface area contributed by atoms with Crippen LogP contribution in [0, 0.1) is 0 Å². The summed E-state index contributed by atoms with van der Waals surface area (Å²) < 4.78 is 0. The minimum absolute atomic E-state index is 0.146. The van der Waals surface area contributed by atoms with E-state index in [0.29, 0.717) is 18.3 Å². The number of amides is 1. The number of nitrogens with one attached hydrogen (secondary N) is 1. The molecule has 3 heteroatoms. The predicted molar refractivity (Wildman–Crippen MR) is 65.3 cm³/mol. The normalized spacial score (nSPS) is 20.2. The van der Waals surface area contributed by atoms with Crippen molar-refractivity contribution in [1.29, 1.82) is 0 Å². The van der Waals surface area contributed by atoms with Gasteiger partial charge in [-0.15, -0.1) is 0 Å². The van der Waals surface area contributed by atoms with Crippen LogP contribution in [0.25, 0.3) is 0 Å². The summed E-state index contributed by atoms with van der Waals surface area (Å²) in [5.74, 6) is 0.878. The van der Waals surface area contributed by atoms with E-state index in [2.05, 4.69) is 25.2 Å². The van der Waals surface area contributed by atoms with Gasteiger partial charge in [0.1, 0.15) is 0 Å². The second-order valence-electron chi connectivity index (χ2n) is 4.75. The lowest BCUT2D eigenvalue weighted by Crippen LogP contribution is -2.13. The Labute approximate surface area is 96.0 Å². The van der Waals surface area contributed by atoms with E-state index in [-0.39, 0.29) is 5.91 Å². The first-order valence-electron chi connectivity index (χ1n) is 5.74. The average Bonchev–Trinajstić information content (AvgIpc) is 2.65. The number of hydrogen-bond donors (Lipinski definition) is 2. The van der Waals surface area contributed by atoms with Gasteiger partial charge in [0, 0.05) is 24.6 Å². The molecule has 1 saturated heterocycles. The summed E-state index contributed by atoms with van der Waals surface area (Å²) in [4.78, 5) is 11.2. The molecule has 3 N–H and O–H groups in total. The third kappa shape index (κ3) is 2.03. The topological polar surface area (TPSA) is 55.1 Å². The van der Waals surface area contributed by atoms with Crippen LogP contribution in [0.2, 0.25) is 0 Å². The maximum Gasteiger partial charge on any atom is 0.220 e. The van der Waals surface area contributed by atoms with Crippen LogP contribution in [0.5, 0.6) is 0 Å². The summed E-state index contributed by atoms with van der Waals surface area (Å²) in [6.45, 7) is 5.02.